The van der Waals surface area contributed by atoms with Crippen molar-refractivity contribution in [3.05, 3.63) is 23.9 Å². The van der Waals surface area contributed by atoms with E-state index >= 15 is 0 Å². The number of nitrogens with one attached hydrogen (secondary N) is 1. The minimum absolute atomic E-state index is 0.327. The molecule has 1 rings (SSSR count). The van der Waals surface area contributed by atoms with Crippen LogP contribution in [0.3, 0.4) is 0 Å². The van der Waals surface area contributed by atoms with Gasteiger partial charge in [-0.05, 0) is 45.1 Å². The molecule has 0 aliphatic carbocycles. The molecule has 0 aliphatic heterocycles. The molecule has 0 saturated carbocycles. The number of ether oxygens (including phenoxy) is 1. The standard InChI is InChI=1S/C15H25N3O2/c1-4-18(5-2)12-8-11-17-14-13(9-7-10-16-14)15(19)20-6-3/h7,9-10H,4-6,8,11-12H2,1-3H3,(H,16,17). The minimum atomic E-state index is -0.327. The van der Waals surface area contributed by atoms with Gasteiger partial charge in [0.1, 0.15) is 11.4 Å². The van der Waals surface area contributed by atoms with Gasteiger partial charge in [0.25, 0.3) is 0 Å². The number of hydrogen-bond donors (Lipinski definition) is 1. The van der Waals surface area contributed by atoms with Gasteiger partial charge in [0.05, 0.1) is 6.61 Å². The summed E-state index contributed by atoms with van der Waals surface area (Å²) in [6, 6.07) is 3.48. The predicted molar refractivity (Wildman–Crippen MR) is 81.1 cm³/mol. The second kappa shape index (κ2) is 9.31. The number of carbonyl (C=O) groups excluding carboxylic acids is 1. The molecule has 1 aromatic rings. The Bertz CT molecular complexity index is 406. The number of esters is 1. The summed E-state index contributed by atoms with van der Waals surface area (Å²) in [7, 11) is 0. The third-order valence-corrected chi connectivity index (χ3v) is 3.14. The summed E-state index contributed by atoms with van der Waals surface area (Å²) in [5, 5.41) is 3.22. The summed E-state index contributed by atoms with van der Waals surface area (Å²) >= 11 is 0. The largest absolute Gasteiger partial charge is 0.462 e. The lowest BCUT2D eigenvalue weighted by molar-refractivity contribution is 0.0527. The lowest BCUT2D eigenvalue weighted by Gasteiger charge is -2.18. The zero-order chi connectivity index (χ0) is 14.8. The van der Waals surface area contributed by atoms with Crippen LogP contribution in [0.25, 0.3) is 0 Å². The number of pyridine rings is 1. The summed E-state index contributed by atoms with van der Waals surface area (Å²) in [6.07, 6.45) is 2.69. The van der Waals surface area contributed by atoms with Crippen LogP contribution in [0.1, 0.15) is 37.6 Å². The summed E-state index contributed by atoms with van der Waals surface area (Å²) < 4.78 is 5.02. The molecule has 5 nitrogen and oxygen atoms in total. The zero-order valence-corrected chi connectivity index (χ0v) is 12.7. The summed E-state index contributed by atoms with van der Waals surface area (Å²) in [4.78, 5) is 18.4. The Morgan fingerprint density at radius 3 is 2.75 bits per heavy atom. The lowest BCUT2D eigenvalue weighted by Crippen LogP contribution is -2.25. The monoisotopic (exact) mass is 279 g/mol. The van der Waals surface area contributed by atoms with E-state index in [1.165, 1.54) is 0 Å². The topological polar surface area (TPSA) is 54.5 Å². The van der Waals surface area contributed by atoms with Crippen LogP contribution in [-0.2, 0) is 4.74 Å². The van der Waals surface area contributed by atoms with Crippen molar-refractivity contribution in [3.8, 4) is 0 Å². The quantitative estimate of drug-likeness (QED) is 0.555. The van der Waals surface area contributed by atoms with Crippen LogP contribution >= 0.6 is 0 Å². The Hall–Kier alpha value is -1.62. The van der Waals surface area contributed by atoms with Crippen LogP contribution < -0.4 is 5.32 Å². The van der Waals surface area contributed by atoms with Gasteiger partial charge in [0.2, 0.25) is 0 Å². The molecule has 20 heavy (non-hydrogen) atoms. The zero-order valence-electron chi connectivity index (χ0n) is 12.7. The van der Waals surface area contributed by atoms with E-state index in [4.69, 9.17) is 4.74 Å². The number of aromatic nitrogens is 1. The molecule has 0 amide bonds. The van der Waals surface area contributed by atoms with Crippen LogP contribution in [0.4, 0.5) is 5.82 Å². The molecule has 0 aliphatic rings. The molecule has 0 saturated heterocycles. The number of nitrogens with zero attached hydrogens (tertiary/aromatic N) is 2. The van der Waals surface area contributed by atoms with Gasteiger partial charge in [-0.15, -0.1) is 0 Å². The van der Waals surface area contributed by atoms with E-state index in [2.05, 4.69) is 29.0 Å². The smallest absolute Gasteiger partial charge is 0.341 e. The Morgan fingerprint density at radius 1 is 1.35 bits per heavy atom. The van der Waals surface area contributed by atoms with Crippen molar-refractivity contribution in [1.29, 1.82) is 0 Å². The van der Waals surface area contributed by atoms with Crippen molar-refractivity contribution >= 4 is 11.8 Å². The van der Waals surface area contributed by atoms with Crippen LogP contribution in [0, 0.1) is 0 Å². The molecule has 0 unspecified atom stereocenters. The number of rotatable bonds is 9. The molecule has 0 radical (unpaired) electrons. The van der Waals surface area contributed by atoms with Crippen LogP contribution in [0.2, 0.25) is 0 Å². The maximum atomic E-state index is 11.8. The lowest BCUT2D eigenvalue weighted by atomic mass is 10.2. The predicted octanol–water partition coefficient (Wildman–Crippen LogP) is 2.40. The average Bonchev–Trinajstić information content (AvgIpc) is 2.48. The van der Waals surface area contributed by atoms with Gasteiger partial charge in [-0.2, -0.15) is 0 Å². The SMILES string of the molecule is CCOC(=O)c1cccnc1NCCCN(CC)CC. The molecule has 0 bridgehead atoms. The van der Waals surface area contributed by atoms with Gasteiger partial charge >= 0.3 is 5.97 Å². The molecule has 5 heteroatoms. The fourth-order valence-electron chi connectivity index (χ4n) is 1.97. The van der Waals surface area contributed by atoms with Gasteiger partial charge in [-0.3, -0.25) is 0 Å². The van der Waals surface area contributed by atoms with Gasteiger partial charge in [-0.25, -0.2) is 9.78 Å². The molecular formula is C15H25N3O2. The molecule has 1 N–H and O–H groups in total. The maximum absolute atomic E-state index is 11.8. The van der Waals surface area contributed by atoms with Crippen LogP contribution in [0.15, 0.2) is 18.3 Å². The Morgan fingerprint density at radius 2 is 2.10 bits per heavy atom. The molecule has 0 fully saturated rings. The van der Waals surface area contributed by atoms with Crippen molar-refractivity contribution in [2.75, 3.05) is 38.1 Å². The first-order chi connectivity index (χ1) is 9.72. The second-order valence-electron chi connectivity index (χ2n) is 4.43. The van der Waals surface area contributed by atoms with E-state index in [-0.39, 0.29) is 5.97 Å². The fourth-order valence-corrected chi connectivity index (χ4v) is 1.97. The highest BCUT2D eigenvalue weighted by Gasteiger charge is 2.12. The normalized spacial score (nSPS) is 10.6. The third kappa shape index (κ3) is 5.17. The van der Waals surface area contributed by atoms with Crippen molar-refractivity contribution in [1.82, 2.24) is 9.88 Å². The van der Waals surface area contributed by atoms with Gasteiger partial charge in [0, 0.05) is 12.7 Å². The fraction of sp³-hybridized carbons (Fsp3) is 0.600. The average molecular weight is 279 g/mol. The highest BCUT2D eigenvalue weighted by molar-refractivity contribution is 5.94. The van der Waals surface area contributed by atoms with Crippen molar-refractivity contribution in [2.24, 2.45) is 0 Å². The number of carbonyl (C=O) groups is 1. The molecule has 112 valence electrons. The van der Waals surface area contributed by atoms with Gasteiger partial charge in [-0.1, -0.05) is 13.8 Å². The first-order valence-corrected chi connectivity index (χ1v) is 7.31. The minimum Gasteiger partial charge on any atom is -0.462 e. The molecule has 0 aromatic carbocycles. The highest BCUT2D eigenvalue weighted by atomic mass is 16.5. The van der Waals surface area contributed by atoms with E-state index in [1.54, 1.807) is 25.3 Å². The van der Waals surface area contributed by atoms with Crippen molar-refractivity contribution in [3.63, 3.8) is 0 Å². The molecule has 0 atom stereocenters. The Balaban J connectivity index is 2.49. The highest BCUT2D eigenvalue weighted by Crippen LogP contribution is 2.12. The first kappa shape index (κ1) is 16.4. The third-order valence-electron chi connectivity index (χ3n) is 3.14. The summed E-state index contributed by atoms with van der Waals surface area (Å²) in [6.45, 7) is 10.5. The molecule has 0 spiro atoms. The summed E-state index contributed by atoms with van der Waals surface area (Å²) in [5.74, 6) is 0.275. The summed E-state index contributed by atoms with van der Waals surface area (Å²) in [5.41, 5.74) is 0.497. The second-order valence-corrected chi connectivity index (χ2v) is 4.43. The Labute approximate surface area is 121 Å². The molecular weight excluding hydrogens is 254 g/mol. The van der Waals surface area contributed by atoms with Gasteiger partial charge in [0.15, 0.2) is 0 Å². The molecule has 1 heterocycles. The van der Waals surface area contributed by atoms with Crippen molar-refractivity contribution in [2.45, 2.75) is 27.2 Å². The van der Waals surface area contributed by atoms with Gasteiger partial charge < -0.3 is 15.0 Å². The first-order valence-electron chi connectivity index (χ1n) is 7.31. The van der Waals surface area contributed by atoms with E-state index in [1.807, 2.05) is 0 Å². The Kier molecular flexibility index (Phi) is 7.65. The van der Waals surface area contributed by atoms with E-state index in [0.717, 1.165) is 32.6 Å². The maximum Gasteiger partial charge on any atom is 0.341 e. The van der Waals surface area contributed by atoms with E-state index < -0.39 is 0 Å². The van der Waals surface area contributed by atoms with E-state index in [0.29, 0.717) is 18.0 Å². The van der Waals surface area contributed by atoms with Crippen LogP contribution in [0.5, 0.6) is 0 Å². The number of hydrogen-bond acceptors (Lipinski definition) is 5. The molecule has 1 aromatic heterocycles. The number of anilines is 1. The van der Waals surface area contributed by atoms with Crippen LogP contribution in [-0.4, -0.2) is 48.6 Å². The van der Waals surface area contributed by atoms with E-state index in [9.17, 15) is 4.79 Å². The van der Waals surface area contributed by atoms with Crippen molar-refractivity contribution < 1.29 is 9.53 Å².